The molecule has 0 spiro atoms. The predicted octanol–water partition coefficient (Wildman–Crippen LogP) is 1.11. The minimum absolute atomic E-state index is 0.0561. The molecule has 6 heteroatoms. The van der Waals surface area contributed by atoms with Gasteiger partial charge in [0.2, 0.25) is 6.79 Å². The Hall–Kier alpha value is -1.95. The summed E-state index contributed by atoms with van der Waals surface area (Å²) in [7, 11) is 1.68. The zero-order chi connectivity index (χ0) is 14.1. The van der Waals surface area contributed by atoms with Gasteiger partial charge in [-0.1, -0.05) is 0 Å². The van der Waals surface area contributed by atoms with Crippen molar-refractivity contribution in [3.8, 4) is 11.5 Å². The third-order valence-corrected chi connectivity index (χ3v) is 3.75. The molecular formula is C14H18N2O4. The second kappa shape index (κ2) is 5.20. The van der Waals surface area contributed by atoms with Crippen LogP contribution in [0.25, 0.3) is 0 Å². The van der Waals surface area contributed by atoms with Crippen LogP contribution in [-0.4, -0.2) is 44.4 Å². The topological polar surface area (TPSA) is 74.0 Å². The molecular weight excluding hydrogens is 260 g/mol. The number of nitrogens with zero attached hydrogens (tertiary/aromatic N) is 1. The van der Waals surface area contributed by atoms with E-state index >= 15 is 0 Å². The Morgan fingerprint density at radius 2 is 2.20 bits per heavy atom. The maximum Gasteiger partial charge on any atom is 0.256 e. The summed E-state index contributed by atoms with van der Waals surface area (Å²) in [5.74, 6) is 1.52. The molecule has 0 bridgehead atoms. The lowest BCUT2D eigenvalue weighted by atomic mass is 10.1. The molecule has 2 aliphatic rings. The Morgan fingerprint density at radius 1 is 1.45 bits per heavy atom. The van der Waals surface area contributed by atoms with Gasteiger partial charge in [-0.25, -0.2) is 0 Å². The number of rotatable bonds is 3. The van der Waals surface area contributed by atoms with E-state index in [9.17, 15) is 4.79 Å². The number of carbonyl (C=O) groups is 1. The molecule has 1 aromatic carbocycles. The molecule has 1 atom stereocenters. The first-order chi connectivity index (χ1) is 9.69. The van der Waals surface area contributed by atoms with E-state index in [0.717, 1.165) is 13.0 Å². The average molecular weight is 278 g/mol. The van der Waals surface area contributed by atoms with Gasteiger partial charge in [-0.3, -0.25) is 4.79 Å². The van der Waals surface area contributed by atoms with Crippen molar-refractivity contribution in [3.63, 3.8) is 0 Å². The molecule has 1 saturated heterocycles. The smallest absolute Gasteiger partial charge is 0.256 e. The SMILES string of the molecule is COCC1CCN(C(=O)c2cc3c(cc2N)OCO3)C1. The highest BCUT2D eigenvalue weighted by Gasteiger charge is 2.29. The van der Waals surface area contributed by atoms with Crippen molar-refractivity contribution >= 4 is 11.6 Å². The fourth-order valence-corrected chi connectivity index (χ4v) is 2.70. The number of ether oxygens (including phenoxy) is 3. The minimum atomic E-state index is -0.0561. The van der Waals surface area contributed by atoms with Gasteiger partial charge < -0.3 is 24.8 Å². The van der Waals surface area contributed by atoms with Crippen molar-refractivity contribution in [2.45, 2.75) is 6.42 Å². The molecule has 0 saturated carbocycles. The van der Waals surface area contributed by atoms with E-state index in [2.05, 4.69) is 0 Å². The number of nitrogen functional groups attached to an aromatic ring is 1. The molecule has 1 aromatic rings. The summed E-state index contributed by atoms with van der Waals surface area (Å²) in [5, 5.41) is 0. The first-order valence-electron chi connectivity index (χ1n) is 6.66. The Labute approximate surface area is 117 Å². The minimum Gasteiger partial charge on any atom is -0.454 e. The van der Waals surface area contributed by atoms with Crippen molar-refractivity contribution in [1.82, 2.24) is 4.90 Å². The number of hydrogen-bond acceptors (Lipinski definition) is 5. The van der Waals surface area contributed by atoms with Gasteiger partial charge in [0.25, 0.3) is 5.91 Å². The normalized spacial score (nSPS) is 20.4. The average Bonchev–Trinajstić information content (AvgIpc) is 3.06. The quantitative estimate of drug-likeness (QED) is 0.838. The van der Waals surface area contributed by atoms with E-state index in [4.69, 9.17) is 19.9 Å². The summed E-state index contributed by atoms with van der Waals surface area (Å²) < 4.78 is 15.7. The summed E-state index contributed by atoms with van der Waals surface area (Å²) in [6, 6.07) is 3.32. The molecule has 20 heavy (non-hydrogen) atoms. The molecule has 0 aromatic heterocycles. The zero-order valence-corrected chi connectivity index (χ0v) is 11.4. The van der Waals surface area contributed by atoms with Gasteiger partial charge in [-0.2, -0.15) is 0 Å². The summed E-state index contributed by atoms with van der Waals surface area (Å²) in [5.41, 5.74) is 6.85. The van der Waals surface area contributed by atoms with Gasteiger partial charge in [0.05, 0.1) is 12.2 Å². The van der Waals surface area contributed by atoms with Crippen LogP contribution in [0.1, 0.15) is 16.8 Å². The maximum atomic E-state index is 12.5. The molecule has 2 N–H and O–H groups in total. The lowest BCUT2D eigenvalue weighted by Crippen LogP contribution is -2.29. The summed E-state index contributed by atoms with van der Waals surface area (Å²) in [4.78, 5) is 14.3. The third kappa shape index (κ3) is 2.27. The number of nitrogens with two attached hydrogens (primary N) is 1. The van der Waals surface area contributed by atoms with Crippen LogP contribution in [0, 0.1) is 5.92 Å². The number of benzene rings is 1. The number of fused-ring (bicyclic) bond motifs is 1. The van der Waals surface area contributed by atoms with Crippen molar-refractivity contribution in [2.75, 3.05) is 39.3 Å². The van der Waals surface area contributed by atoms with Crippen LogP contribution in [0.5, 0.6) is 11.5 Å². The van der Waals surface area contributed by atoms with Gasteiger partial charge in [0.1, 0.15) is 0 Å². The first-order valence-corrected chi connectivity index (χ1v) is 6.66. The second-order valence-corrected chi connectivity index (χ2v) is 5.15. The Kier molecular flexibility index (Phi) is 3.40. The standard InChI is InChI=1S/C14H18N2O4/c1-18-7-9-2-3-16(6-9)14(17)10-4-12-13(5-11(10)15)20-8-19-12/h4-5,9H,2-3,6-8,15H2,1H3. The number of carbonyl (C=O) groups excluding carboxylic acids is 1. The highest BCUT2D eigenvalue weighted by atomic mass is 16.7. The van der Waals surface area contributed by atoms with Gasteiger partial charge in [-0.05, 0) is 12.5 Å². The fraction of sp³-hybridized carbons (Fsp3) is 0.500. The zero-order valence-electron chi connectivity index (χ0n) is 11.4. The first kappa shape index (κ1) is 13.1. The molecule has 3 rings (SSSR count). The van der Waals surface area contributed by atoms with E-state index in [-0.39, 0.29) is 12.7 Å². The largest absolute Gasteiger partial charge is 0.454 e. The number of anilines is 1. The van der Waals surface area contributed by atoms with Crippen LogP contribution >= 0.6 is 0 Å². The van der Waals surface area contributed by atoms with Gasteiger partial charge in [-0.15, -0.1) is 0 Å². The van der Waals surface area contributed by atoms with Gasteiger partial charge >= 0.3 is 0 Å². The molecule has 2 aliphatic heterocycles. The molecule has 6 nitrogen and oxygen atoms in total. The molecule has 2 heterocycles. The van der Waals surface area contributed by atoms with Gasteiger partial charge in [0.15, 0.2) is 11.5 Å². The predicted molar refractivity (Wildman–Crippen MR) is 72.9 cm³/mol. The Morgan fingerprint density at radius 3 is 2.95 bits per heavy atom. The van der Waals surface area contributed by atoms with Crippen LogP contribution in [0.15, 0.2) is 12.1 Å². The lowest BCUT2D eigenvalue weighted by Gasteiger charge is -2.18. The van der Waals surface area contributed by atoms with Crippen molar-refractivity contribution in [1.29, 1.82) is 0 Å². The number of amides is 1. The van der Waals surface area contributed by atoms with Crippen LogP contribution in [0.2, 0.25) is 0 Å². The molecule has 1 unspecified atom stereocenters. The molecule has 108 valence electrons. The fourth-order valence-electron chi connectivity index (χ4n) is 2.70. The van der Waals surface area contributed by atoms with Crippen molar-refractivity contribution in [3.05, 3.63) is 17.7 Å². The van der Waals surface area contributed by atoms with E-state index in [1.54, 1.807) is 19.2 Å². The maximum absolute atomic E-state index is 12.5. The Balaban J connectivity index is 1.78. The molecule has 1 fully saturated rings. The van der Waals surface area contributed by atoms with Crippen LogP contribution in [-0.2, 0) is 4.74 Å². The molecule has 0 aliphatic carbocycles. The van der Waals surface area contributed by atoms with Crippen molar-refractivity contribution in [2.24, 2.45) is 5.92 Å². The monoisotopic (exact) mass is 278 g/mol. The van der Waals surface area contributed by atoms with E-state index in [1.165, 1.54) is 0 Å². The van der Waals surface area contributed by atoms with E-state index in [0.29, 0.717) is 41.8 Å². The summed E-state index contributed by atoms with van der Waals surface area (Å²) in [6.45, 7) is 2.30. The van der Waals surface area contributed by atoms with Crippen LogP contribution < -0.4 is 15.2 Å². The highest BCUT2D eigenvalue weighted by Crippen LogP contribution is 2.36. The number of likely N-dealkylation sites (tertiary alicyclic amines) is 1. The van der Waals surface area contributed by atoms with Crippen LogP contribution in [0.4, 0.5) is 5.69 Å². The second-order valence-electron chi connectivity index (χ2n) is 5.15. The van der Waals surface area contributed by atoms with E-state index in [1.807, 2.05) is 4.90 Å². The van der Waals surface area contributed by atoms with Crippen LogP contribution in [0.3, 0.4) is 0 Å². The lowest BCUT2D eigenvalue weighted by molar-refractivity contribution is 0.0776. The Bertz CT molecular complexity index is 532. The molecule has 0 radical (unpaired) electrons. The molecule has 1 amide bonds. The summed E-state index contributed by atoms with van der Waals surface area (Å²) >= 11 is 0. The summed E-state index contributed by atoms with van der Waals surface area (Å²) in [6.07, 6.45) is 0.962. The number of methoxy groups -OCH3 is 1. The van der Waals surface area contributed by atoms with E-state index < -0.39 is 0 Å². The van der Waals surface area contributed by atoms with Gasteiger partial charge in [0, 0.05) is 37.9 Å². The van der Waals surface area contributed by atoms with Crippen molar-refractivity contribution < 1.29 is 19.0 Å². The highest BCUT2D eigenvalue weighted by molar-refractivity contribution is 6.00. The number of hydrogen-bond donors (Lipinski definition) is 1. The third-order valence-electron chi connectivity index (χ3n) is 3.75.